The van der Waals surface area contributed by atoms with Crippen molar-refractivity contribution in [2.45, 2.75) is 45.4 Å². The summed E-state index contributed by atoms with van der Waals surface area (Å²) in [6, 6.07) is 0. The molecule has 1 aliphatic heterocycles. The number of rotatable bonds is 3. The van der Waals surface area contributed by atoms with Crippen LogP contribution in [0.3, 0.4) is 0 Å². The molecule has 1 fully saturated rings. The van der Waals surface area contributed by atoms with Crippen LogP contribution in [-0.4, -0.2) is 46.3 Å². The van der Waals surface area contributed by atoms with E-state index in [1.165, 1.54) is 0 Å². The monoisotopic (exact) mass is 376 g/mol. The summed E-state index contributed by atoms with van der Waals surface area (Å²) in [4.78, 5) is 20.6. The summed E-state index contributed by atoms with van der Waals surface area (Å²) < 4.78 is 49.6. The van der Waals surface area contributed by atoms with Crippen molar-refractivity contribution in [3.05, 3.63) is 11.8 Å². The second-order valence-corrected chi connectivity index (χ2v) is 7.19. The van der Waals surface area contributed by atoms with Crippen molar-refractivity contribution in [2.24, 2.45) is 5.92 Å². The molecule has 146 valence electrons. The number of nitrogens with zero attached hydrogens (tertiary/aromatic N) is 3. The number of halogens is 3. The molecule has 0 spiro atoms. The average Bonchev–Trinajstić information content (AvgIpc) is 2.50. The molecule has 0 radical (unpaired) electrons. The van der Waals surface area contributed by atoms with Gasteiger partial charge in [0.1, 0.15) is 11.2 Å². The highest BCUT2D eigenvalue weighted by molar-refractivity contribution is 5.68. The molecule has 1 atom stereocenters. The first-order valence-corrected chi connectivity index (χ1v) is 8.26. The normalized spacial score (nSPS) is 18.5. The molecule has 1 aromatic rings. The fraction of sp³-hybridized carbons (Fsp3) is 0.688. The van der Waals surface area contributed by atoms with E-state index in [2.05, 4.69) is 9.97 Å². The molecule has 1 aromatic heterocycles. The van der Waals surface area contributed by atoms with Crippen LogP contribution in [0.2, 0.25) is 0 Å². The first-order chi connectivity index (χ1) is 12.0. The Morgan fingerprint density at radius 1 is 1.38 bits per heavy atom. The van der Waals surface area contributed by atoms with Crippen molar-refractivity contribution >= 4 is 12.0 Å². The molecule has 2 heterocycles. The molecule has 1 unspecified atom stereocenters. The minimum atomic E-state index is -4.64. The second-order valence-electron chi connectivity index (χ2n) is 7.19. The highest BCUT2D eigenvalue weighted by atomic mass is 19.4. The van der Waals surface area contributed by atoms with Crippen molar-refractivity contribution in [2.75, 3.05) is 25.4 Å². The van der Waals surface area contributed by atoms with Crippen molar-refractivity contribution in [1.82, 2.24) is 14.9 Å². The maximum atomic E-state index is 13.0. The molecule has 1 aliphatic rings. The number of nitrogen functional groups attached to an aromatic ring is 1. The van der Waals surface area contributed by atoms with E-state index >= 15 is 0 Å². The number of piperidine rings is 1. The van der Waals surface area contributed by atoms with Gasteiger partial charge in [0.05, 0.1) is 6.61 Å². The van der Waals surface area contributed by atoms with Crippen molar-refractivity contribution in [1.29, 1.82) is 0 Å². The van der Waals surface area contributed by atoms with Gasteiger partial charge >= 0.3 is 12.3 Å². The van der Waals surface area contributed by atoms with Gasteiger partial charge < -0.3 is 20.1 Å². The van der Waals surface area contributed by atoms with Crippen molar-refractivity contribution in [3.8, 4) is 5.88 Å². The zero-order valence-corrected chi connectivity index (χ0v) is 15.0. The van der Waals surface area contributed by atoms with E-state index in [0.717, 1.165) is 6.42 Å². The highest BCUT2D eigenvalue weighted by Gasteiger charge is 2.36. The molecule has 1 saturated heterocycles. The predicted molar refractivity (Wildman–Crippen MR) is 87.5 cm³/mol. The molecule has 10 heteroatoms. The zero-order chi connectivity index (χ0) is 19.5. The fourth-order valence-corrected chi connectivity index (χ4v) is 2.57. The lowest BCUT2D eigenvalue weighted by molar-refractivity contribution is -0.139. The number of likely N-dealkylation sites (tertiary alicyclic amines) is 1. The standard InChI is InChI=1S/C16H23F3N4O3/c1-15(2,3)26-14(24)23-6-4-5-10(8-23)9-25-12-11(16(17,18)19)7-21-13(20)22-12/h7,10H,4-6,8-9H2,1-3H3,(H2,20,21,22). The minimum absolute atomic E-state index is 0.0150. The Kier molecular flexibility index (Phi) is 5.82. The van der Waals surface area contributed by atoms with E-state index in [1.807, 2.05) is 0 Å². The van der Waals surface area contributed by atoms with Crippen LogP contribution in [0, 0.1) is 5.92 Å². The van der Waals surface area contributed by atoms with Crippen molar-refractivity contribution < 1.29 is 27.4 Å². The number of anilines is 1. The number of ether oxygens (including phenoxy) is 2. The Balaban J connectivity index is 2.00. The maximum Gasteiger partial charge on any atom is 0.423 e. The summed E-state index contributed by atoms with van der Waals surface area (Å²) >= 11 is 0. The number of alkyl halides is 3. The number of hydrogen-bond acceptors (Lipinski definition) is 6. The van der Waals surface area contributed by atoms with Crippen LogP contribution in [0.5, 0.6) is 5.88 Å². The largest absolute Gasteiger partial charge is 0.477 e. The predicted octanol–water partition coefficient (Wildman–Crippen LogP) is 3.10. The topological polar surface area (TPSA) is 90.6 Å². The Hall–Kier alpha value is -2.26. The van der Waals surface area contributed by atoms with E-state index in [9.17, 15) is 18.0 Å². The molecule has 2 N–H and O–H groups in total. The van der Waals surface area contributed by atoms with Gasteiger partial charge in [-0.25, -0.2) is 9.78 Å². The Morgan fingerprint density at radius 2 is 2.08 bits per heavy atom. The number of nitrogens with two attached hydrogens (primary N) is 1. The number of carbonyl (C=O) groups is 1. The third-order valence-corrected chi connectivity index (χ3v) is 3.70. The van der Waals surface area contributed by atoms with Crippen LogP contribution in [-0.2, 0) is 10.9 Å². The van der Waals surface area contributed by atoms with E-state index < -0.39 is 29.3 Å². The van der Waals surface area contributed by atoms with Crippen LogP contribution < -0.4 is 10.5 Å². The maximum absolute atomic E-state index is 13.0. The van der Waals surface area contributed by atoms with E-state index in [4.69, 9.17) is 15.2 Å². The lowest BCUT2D eigenvalue weighted by atomic mass is 9.99. The average molecular weight is 376 g/mol. The van der Waals surface area contributed by atoms with Gasteiger partial charge in [-0.3, -0.25) is 0 Å². The summed E-state index contributed by atoms with van der Waals surface area (Å²) in [6.45, 7) is 6.18. The summed E-state index contributed by atoms with van der Waals surface area (Å²) in [7, 11) is 0. The van der Waals surface area contributed by atoms with E-state index in [-0.39, 0.29) is 18.5 Å². The molecule has 0 aromatic carbocycles. The minimum Gasteiger partial charge on any atom is -0.477 e. The van der Waals surface area contributed by atoms with Crippen LogP contribution in [0.25, 0.3) is 0 Å². The van der Waals surface area contributed by atoms with Crippen LogP contribution in [0.1, 0.15) is 39.2 Å². The first kappa shape index (κ1) is 20.1. The summed E-state index contributed by atoms with van der Waals surface area (Å²) in [5, 5.41) is 0. The zero-order valence-electron chi connectivity index (χ0n) is 15.0. The van der Waals surface area contributed by atoms with E-state index in [0.29, 0.717) is 25.7 Å². The third-order valence-electron chi connectivity index (χ3n) is 3.70. The fourth-order valence-electron chi connectivity index (χ4n) is 2.57. The van der Waals surface area contributed by atoms with Gasteiger partial charge in [0.2, 0.25) is 11.8 Å². The molecule has 2 rings (SSSR count). The van der Waals surface area contributed by atoms with Crippen molar-refractivity contribution in [3.63, 3.8) is 0 Å². The van der Waals surface area contributed by atoms with Gasteiger partial charge in [-0.05, 0) is 33.6 Å². The smallest absolute Gasteiger partial charge is 0.423 e. The van der Waals surface area contributed by atoms with E-state index in [1.54, 1.807) is 25.7 Å². The molecular formula is C16H23F3N4O3. The molecular weight excluding hydrogens is 353 g/mol. The highest BCUT2D eigenvalue weighted by Crippen LogP contribution is 2.35. The molecule has 26 heavy (non-hydrogen) atoms. The van der Waals surface area contributed by atoms with Crippen LogP contribution >= 0.6 is 0 Å². The number of carbonyl (C=O) groups excluding carboxylic acids is 1. The summed E-state index contributed by atoms with van der Waals surface area (Å²) in [6.07, 6.45) is -3.04. The lowest BCUT2D eigenvalue weighted by Crippen LogP contribution is -2.44. The quantitative estimate of drug-likeness (QED) is 0.872. The lowest BCUT2D eigenvalue weighted by Gasteiger charge is -2.34. The van der Waals surface area contributed by atoms with Gasteiger partial charge in [0.25, 0.3) is 0 Å². The van der Waals surface area contributed by atoms with Gasteiger partial charge in [-0.1, -0.05) is 0 Å². The summed E-state index contributed by atoms with van der Waals surface area (Å²) in [5.41, 5.74) is 3.67. The van der Waals surface area contributed by atoms with Gasteiger partial charge in [-0.15, -0.1) is 0 Å². The number of amides is 1. The molecule has 0 aliphatic carbocycles. The number of aromatic nitrogens is 2. The first-order valence-electron chi connectivity index (χ1n) is 8.26. The summed E-state index contributed by atoms with van der Waals surface area (Å²) in [5.74, 6) is -1.03. The Morgan fingerprint density at radius 3 is 2.69 bits per heavy atom. The Labute approximate surface area is 149 Å². The molecule has 0 bridgehead atoms. The van der Waals surface area contributed by atoms with Gasteiger partial charge in [0, 0.05) is 25.2 Å². The third kappa shape index (κ3) is 5.63. The van der Waals surface area contributed by atoms with Gasteiger partial charge in [-0.2, -0.15) is 18.2 Å². The molecule has 7 nitrogen and oxygen atoms in total. The van der Waals surface area contributed by atoms with Crippen LogP contribution in [0.15, 0.2) is 6.20 Å². The number of hydrogen-bond donors (Lipinski definition) is 1. The SMILES string of the molecule is CC(C)(C)OC(=O)N1CCCC(COc2nc(N)ncc2C(F)(F)F)C1. The Bertz CT molecular complexity index is 647. The van der Waals surface area contributed by atoms with Crippen LogP contribution in [0.4, 0.5) is 23.9 Å². The van der Waals surface area contributed by atoms with Gasteiger partial charge in [0.15, 0.2) is 0 Å². The second kappa shape index (κ2) is 7.55. The molecule has 0 saturated carbocycles. The molecule has 1 amide bonds.